The van der Waals surface area contributed by atoms with Gasteiger partial charge >= 0.3 is 12.1 Å². The summed E-state index contributed by atoms with van der Waals surface area (Å²) in [6.07, 6.45) is 3.16. The van der Waals surface area contributed by atoms with Crippen LogP contribution in [0.3, 0.4) is 0 Å². The average Bonchev–Trinajstić information content (AvgIpc) is 3.68. The zero-order chi connectivity index (χ0) is 43.3. The Labute approximate surface area is 363 Å². The molecule has 0 unspecified atom stereocenters. The first kappa shape index (κ1) is 44.6. The smallest absolute Gasteiger partial charge is 0.410 e. The summed E-state index contributed by atoms with van der Waals surface area (Å²) in [6, 6.07) is 17.1. The van der Waals surface area contributed by atoms with Crippen LogP contribution in [-0.4, -0.2) is 101 Å². The second-order valence-corrected chi connectivity index (χ2v) is 17.4. The Hall–Kier alpha value is -4.91. The van der Waals surface area contributed by atoms with Crippen LogP contribution in [0.25, 0.3) is 33.6 Å². The Balaban J connectivity index is 1.24. The molecule has 2 aliphatic heterocycles. The second-order valence-electron chi connectivity index (χ2n) is 16.6. The van der Waals surface area contributed by atoms with Crippen molar-refractivity contribution in [2.75, 3.05) is 40.4 Å². The normalized spacial score (nSPS) is 16.2. The zero-order valence-electron chi connectivity index (χ0n) is 35.7. The van der Waals surface area contributed by atoms with E-state index in [1.807, 2.05) is 89.2 Å². The number of esters is 1. The SMILES string of the molecule is COc1cc(-c2nccc(-c3cccc(-c4ccc(CN(C(=O)OC(C)(C)C)C5CCN(C(C)=O)CC5)c(OC)n4)c3Cl)c2Cl)ccc1CN1CC[C@H](C(=O)OC(C)C)C1. The van der Waals surface area contributed by atoms with Gasteiger partial charge < -0.3 is 28.7 Å². The van der Waals surface area contributed by atoms with Crippen LogP contribution in [0.5, 0.6) is 11.6 Å². The van der Waals surface area contributed by atoms with Gasteiger partial charge in [0.15, 0.2) is 0 Å². The number of carbonyl (C=O) groups is 3. The third-order valence-electron chi connectivity index (χ3n) is 10.8. The number of nitrogens with zero attached hydrogens (tertiary/aromatic N) is 5. The predicted molar refractivity (Wildman–Crippen MR) is 233 cm³/mol. The number of hydrogen-bond donors (Lipinski definition) is 0. The van der Waals surface area contributed by atoms with Crippen molar-refractivity contribution in [3.05, 3.63) is 82.0 Å². The molecule has 6 rings (SSSR count). The molecule has 14 heteroatoms. The number of ether oxygens (including phenoxy) is 4. The number of benzene rings is 2. The Morgan fingerprint density at radius 3 is 2.25 bits per heavy atom. The molecule has 2 aromatic carbocycles. The number of carbonyl (C=O) groups excluding carboxylic acids is 3. The number of halogens is 2. The van der Waals surface area contributed by atoms with Gasteiger partial charge in [-0.15, -0.1) is 0 Å². The van der Waals surface area contributed by atoms with Crippen LogP contribution in [0.1, 0.15) is 71.9 Å². The lowest BCUT2D eigenvalue weighted by molar-refractivity contribution is -0.151. The van der Waals surface area contributed by atoms with E-state index in [1.54, 1.807) is 37.1 Å². The standard InChI is InChI=1S/C46H55Cl2N5O7/c1-28(2)59-44(55)33-17-21-51(26-33)25-31-13-12-30(24-39(31)57-7)42-41(48)36(16-20-49-42)35-10-9-11-37(40(35)47)38-15-14-32(43(50-38)58-8)27-53(45(56)60-46(4,5)6)34-18-22-52(23-19-34)29(3)54/h9-16,20,24,28,33-34H,17-19,21-23,25-27H2,1-8H3/t33-/m0/s1. The Morgan fingerprint density at radius 2 is 1.58 bits per heavy atom. The molecule has 2 aromatic heterocycles. The molecule has 0 aliphatic carbocycles. The molecule has 12 nitrogen and oxygen atoms in total. The molecule has 4 aromatic rings. The molecule has 0 N–H and O–H groups in total. The van der Waals surface area contributed by atoms with Gasteiger partial charge in [0.2, 0.25) is 11.8 Å². The molecular formula is C46H55Cl2N5O7. The fraction of sp³-hybridized carbons (Fsp3) is 0.457. The lowest BCUT2D eigenvalue weighted by Crippen LogP contribution is -2.49. The van der Waals surface area contributed by atoms with E-state index in [0.29, 0.717) is 94.3 Å². The zero-order valence-corrected chi connectivity index (χ0v) is 37.2. The monoisotopic (exact) mass is 859 g/mol. The van der Waals surface area contributed by atoms with Gasteiger partial charge in [0.1, 0.15) is 11.4 Å². The van der Waals surface area contributed by atoms with E-state index < -0.39 is 11.7 Å². The summed E-state index contributed by atoms with van der Waals surface area (Å²) in [7, 11) is 3.18. The highest BCUT2D eigenvalue weighted by Crippen LogP contribution is 2.42. The number of piperidine rings is 1. The maximum absolute atomic E-state index is 13.6. The summed E-state index contributed by atoms with van der Waals surface area (Å²) in [6.45, 7) is 14.2. The first-order valence-corrected chi connectivity index (χ1v) is 21.1. The molecule has 0 saturated carbocycles. The molecule has 0 bridgehead atoms. The van der Waals surface area contributed by atoms with Crippen LogP contribution < -0.4 is 9.47 Å². The van der Waals surface area contributed by atoms with E-state index in [0.717, 1.165) is 24.1 Å². The number of pyridine rings is 2. The molecule has 4 heterocycles. The molecule has 2 fully saturated rings. The highest BCUT2D eigenvalue weighted by atomic mass is 35.5. The van der Waals surface area contributed by atoms with Gasteiger partial charge in [-0.3, -0.25) is 19.5 Å². The molecule has 0 radical (unpaired) electrons. The summed E-state index contributed by atoms with van der Waals surface area (Å²) in [5.74, 6) is 0.787. The Bertz CT molecular complexity index is 2200. The molecule has 2 aliphatic rings. The van der Waals surface area contributed by atoms with Crippen LogP contribution in [-0.2, 0) is 32.2 Å². The van der Waals surface area contributed by atoms with Crippen molar-refractivity contribution in [2.24, 2.45) is 5.92 Å². The third kappa shape index (κ3) is 10.5. The van der Waals surface area contributed by atoms with Crippen molar-refractivity contribution in [3.63, 3.8) is 0 Å². The van der Waals surface area contributed by atoms with Crippen LogP contribution in [0.2, 0.25) is 10.0 Å². The minimum absolute atomic E-state index is 0.0240. The topological polar surface area (TPSA) is 124 Å². The summed E-state index contributed by atoms with van der Waals surface area (Å²) >= 11 is 14.4. The average molecular weight is 861 g/mol. The Kier molecular flexibility index (Phi) is 14.3. The fourth-order valence-electron chi connectivity index (χ4n) is 7.81. The van der Waals surface area contributed by atoms with Crippen LogP contribution in [0.4, 0.5) is 4.79 Å². The van der Waals surface area contributed by atoms with Crippen molar-refractivity contribution >= 4 is 41.2 Å². The van der Waals surface area contributed by atoms with Gasteiger partial charge in [0.05, 0.1) is 54.2 Å². The lowest BCUT2D eigenvalue weighted by Gasteiger charge is -2.39. The third-order valence-corrected chi connectivity index (χ3v) is 11.6. The number of aromatic nitrogens is 2. The van der Waals surface area contributed by atoms with E-state index in [4.69, 9.17) is 47.1 Å². The molecule has 60 heavy (non-hydrogen) atoms. The fourth-order valence-corrected chi connectivity index (χ4v) is 8.45. The second kappa shape index (κ2) is 19.2. The number of amides is 2. The largest absolute Gasteiger partial charge is 0.496 e. The van der Waals surface area contributed by atoms with Gasteiger partial charge in [-0.05, 0) is 84.7 Å². The minimum atomic E-state index is -0.690. The molecule has 320 valence electrons. The molecule has 2 saturated heterocycles. The van der Waals surface area contributed by atoms with Crippen molar-refractivity contribution in [1.82, 2.24) is 24.7 Å². The van der Waals surface area contributed by atoms with E-state index in [9.17, 15) is 14.4 Å². The molecule has 0 spiro atoms. The van der Waals surface area contributed by atoms with E-state index in [-0.39, 0.29) is 36.5 Å². The van der Waals surface area contributed by atoms with E-state index >= 15 is 0 Å². The maximum atomic E-state index is 13.6. The maximum Gasteiger partial charge on any atom is 0.410 e. The van der Waals surface area contributed by atoms with Crippen LogP contribution in [0.15, 0.2) is 60.8 Å². The summed E-state index contributed by atoms with van der Waals surface area (Å²) < 4.78 is 22.9. The quantitative estimate of drug-likeness (QED) is 0.127. The molecule has 1 atom stereocenters. The van der Waals surface area contributed by atoms with Gasteiger partial charge in [-0.1, -0.05) is 53.5 Å². The van der Waals surface area contributed by atoms with Crippen molar-refractivity contribution < 1.29 is 33.3 Å². The predicted octanol–water partition coefficient (Wildman–Crippen LogP) is 9.32. The van der Waals surface area contributed by atoms with Gasteiger partial charge in [-0.2, -0.15) is 0 Å². The minimum Gasteiger partial charge on any atom is -0.496 e. The molecule has 2 amide bonds. The lowest BCUT2D eigenvalue weighted by atomic mass is 9.99. The summed E-state index contributed by atoms with van der Waals surface area (Å²) in [4.78, 5) is 53.4. The van der Waals surface area contributed by atoms with Gasteiger partial charge in [0.25, 0.3) is 0 Å². The summed E-state index contributed by atoms with van der Waals surface area (Å²) in [5, 5.41) is 0.871. The van der Waals surface area contributed by atoms with E-state index in [2.05, 4.69) is 9.88 Å². The highest BCUT2D eigenvalue weighted by molar-refractivity contribution is 6.39. The number of hydrogen-bond acceptors (Lipinski definition) is 10. The van der Waals surface area contributed by atoms with Crippen LogP contribution >= 0.6 is 23.2 Å². The van der Waals surface area contributed by atoms with Crippen molar-refractivity contribution in [1.29, 1.82) is 0 Å². The first-order valence-electron chi connectivity index (χ1n) is 20.4. The number of likely N-dealkylation sites (tertiary alicyclic amines) is 2. The van der Waals surface area contributed by atoms with Gasteiger partial charge in [0, 0.05) is 78.7 Å². The van der Waals surface area contributed by atoms with Crippen LogP contribution in [0, 0.1) is 5.92 Å². The van der Waals surface area contributed by atoms with Gasteiger partial charge in [-0.25, -0.2) is 9.78 Å². The molecular weight excluding hydrogens is 805 g/mol. The van der Waals surface area contributed by atoms with E-state index in [1.165, 1.54) is 0 Å². The first-order chi connectivity index (χ1) is 28.6. The highest BCUT2D eigenvalue weighted by Gasteiger charge is 2.33. The van der Waals surface area contributed by atoms with Crippen molar-refractivity contribution in [2.45, 2.75) is 91.6 Å². The number of rotatable bonds is 12. The summed E-state index contributed by atoms with van der Waals surface area (Å²) in [5.41, 5.74) is 4.99. The van der Waals surface area contributed by atoms with Crippen molar-refractivity contribution in [3.8, 4) is 45.3 Å². The Morgan fingerprint density at radius 1 is 0.883 bits per heavy atom. The number of methoxy groups -OCH3 is 2.